The highest BCUT2D eigenvalue weighted by Gasteiger charge is 2.40. The second kappa shape index (κ2) is 13.9. The minimum Gasteiger partial charge on any atom is -0.488 e. The third kappa shape index (κ3) is 9.01. The number of rotatable bonds is 11. The Labute approximate surface area is 249 Å². The van der Waals surface area contributed by atoms with Gasteiger partial charge in [0.1, 0.15) is 25.2 Å². The summed E-state index contributed by atoms with van der Waals surface area (Å²) < 4.78 is 58.8. The van der Waals surface area contributed by atoms with E-state index in [1.807, 2.05) is 11.0 Å². The van der Waals surface area contributed by atoms with Gasteiger partial charge in [-0.1, -0.05) is 19.6 Å². The standard InChI is InChI=1S/C28H37F3N6O5Si/c1-43(2,3)13-12-40-19-37-27(39)26(28(29,30)31)23(17-34-37)41-18-22-6-5-21(42-22)14-25(38)36-10-8-35(9-11-36)24-7-4-20(15-32)16-33-24/h4,7,16-17,21-22H,5-6,8-14,18-19H2,1-3H3. The molecule has 1 amide bonds. The number of anilines is 1. The van der Waals surface area contributed by atoms with Crippen molar-refractivity contribution in [1.82, 2.24) is 19.7 Å². The van der Waals surface area contributed by atoms with Gasteiger partial charge in [-0.15, -0.1) is 0 Å². The zero-order valence-corrected chi connectivity index (χ0v) is 25.6. The molecule has 15 heteroatoms. The van der Waals surface area contributed by atoms with E-state index in [1.165, 1.54) is 6.20 Å². The number of aromatic nitrogens is 3. The van der Waals surface area contributed by atoms with Crippen LogP contribution >= 0.6 is 0 Å². The van der Waals surface area contributed by atoms with Crippen LogP contribution in [0.25, 0.3) is 0 Å². The molecule has 43 heavy (non-hydrogen) atoms. The number of ether oxygens (including phenoxy) is 3. The number of alkyl halides is 3. The van der Waals surface area contributed by atoms with Gasteiger partial charge in [0.2, 0.25) is 5.91 Å². The molecule has 0 aliphatic carbocycles. The zero-order valence-electron chi connectivity index (χ0n) is 24.6. The number of hydrogen-bond acceptors (Lipinski definition) is 9. The van der Waals surface area contributed by atoms with Crippen LogP contribution in [0.2, 0.25) is 25.7 Å². The molecule has 0 N–H and O–H groups in total. The Morgan fingerprint density at radius 2 is 1.86 bits per heavy atom. The van der Waals surface area contributed by atoms with Gasteiger partial charge >= 0.3 is 6.18 Å². The van der Waals surface area contributed by atoms with Crippen LogP contribution in [0.1, 0.15) is 30.4 Å². The van der Waals surface area contributed by atoms with Crippen molar-refractivity contribution in [1.29, 1.82) is 5.26 Å². The monoisotopic (exact) mass is 622 g/mol. The first-order valence-corrected chi connectivity index (χ1v) is 18.0. The summed E-state index contributed by atoms with van der Waals surface area (Å²) in [6.45, 7) is 8.41. The van der Waals surface area contributed by atoms with E-state index in [-0.39, 0.29) is 31.8 Å². The van der Waals surface area contributed by atoms with Crippen molar-refractivity contribution in [2.45, 2.75) is 70.1 Å². The van der Waals surface area contributed by atoms with Gasteiger partial charge in [-0.25, -0.2) is 9.67 Å². The van der Waals surface area contributed by atoms with Crippen molar-refractivity contribution in [3.8, 4) is 11.8 Å². The summed E-state index contributed by atoms with van der Waals surface area (Å²) in [5, 5.41) is 12.8. The van der Waals surface area contributed by atoms with E-state index in [0.29, 0.717) is 55.9 Å². The quantitative estimate of drug-likeness (QED) is 0.274. The highest BCUT2D eigenvalue weighted by Crippen LogP contribution is 2.33. The summed E-state index contributed by atoms with van der Waals surface area (Å²) in [6.07, 6.45) is -2.20. The van der Waals surface area contributed by atoms with E-state index >= 15 is 0 Å². The van der Waals surface area contributed by atoms with Gasteiger partial charge in [0, 0.05) is 47.1 Å². The second-order valence-electron chi connectivity index (χ2n) is 11.9. The third-order valence-corrected chi connectivity index (χ3v) is 9.06. The van der Waals surface area contributed by atoms with Gasteiger partial charge in [0.05, 0.1) is 30.4 Å². The molecule has 0 saturated carbocycles. The fourth-order valence-electron chi connectivity index (χ4n) is 4.85. The van der Waals surface area contributed by atoms with Crippen LogP contribution in [0.5, 0.6) is 5.75 Å². The molecule has 2 atom stereocenters. The molecular formula is C28H37F3N6O5Si. The molecule has 2 aromatic rings. The Bertz CT molecular complexity index is 1350. The number of amides is 1. The van der Waals surface area contributed by atoms with Crippen LogP contribution in [-0.4, -0.2) is 85.2 Å². The van der Waals surface area contributed by atoms with Gasteiger partial charge in [0.25, 0.3) is 5.56 Å². The average Bonchev–Trinajstić information content (AvgIpc) is 3.41. The van der Waals surface area contributed by atoms with Gasteiger partial charge in [-0.05, 0) is 31.0 Å². The number of piperazine rings is 1. The number of carbonyl (C=O) groups excluding carboxylic acids is 1. The number of nitrogens with zero attached hydrogens (tertiary/aromatic N) is 6. The minimum absolute atomic E-state index is 0.0572. The highest BCUT2D eigenvalue weighted by atomic mass is 28.3. The molecule has 234 valence electrons. The molecule has 11 nitrogen and oxygen atoms in total. The normalized spacial score (nSPS) is 19.4. The summed E-state index contributed by atoms with van der Waals surface area (Å²) in [5.41, 5.74) is -2.28. The van der Waals surface area contributed by atoms with E-state index in [4.69, 9.17) is 19.5 Å². The van der Waals surface area contributed by atoms with E-state index in [9.17, 15) is 22.8 Å². The number of carbonyl (C=O) groups is 1. The van der Waals surface area contributed by atoms with Crippen molar-refractivity contribution < 1.29 is 32.2 Å². The summed E-state index contributed by atoms with van der Waals surface area (Å²) in [6, 6.07) is 6.33. The van der Waals surface area contributed by atoms with Crippen molar-refractivity contribution >= 4 is 19.8 Å². The smallest absolute Gasteiger partial charge is 0.425 e. The third-order valence-electron chi connectivity index (χ3n) is 7.36. The molecule has 0 radical (unpaired) electrons. The van der Waals surface area contributed by atoms with Gasteiger partial charge in [0.15, 0.2) is 11.3 Å². The second-order valence-corrected chi connectivity index (χ2v) is 17.5. The number of pyridine rings is 1. The largest absolute Gasteiger partial charge is 0.488 e. The van der Waals surface area contributed by atoms with Crippen LogP contribution < -0.4 is 15.2 Å². The SMILES string of the molecule is C[Si](C)(C)CCOCn1ncc(OCC2CCC(CC(=O)N3CCN(c4ccc(C#N)cn4)CC3)O2)c(C(F)(F)F)c1=O. The molecule has 2 unspecified atom stereocenters. The zero-order chi connectivity index (χ0) is 31.2. The molecule has 0 aromatic carbocycles. The molecule has 4 rings (SSSR count). The summed E-state index contributed by atoms with van der Waals surface area (Å²) >= 11 is 0. The van der Waals surface area contributed by atoms with E-state index < -0.39 is 37.2 Å². The van der Waals surface area contributed by atoms with Crippen LogP contribution in [-0.2, 0) is 27.2 Å². The maximum Gasteiger partial charge on any atom is 0.425 e. The number of hydrogen-bond donors (Lipinski definition) is 0. The van der Waals surface area contributed by atoms with Crippen LogP contribution in [0.3, 0.4) is 0 Å². The van der Waals surface area contributed by atoms with Crippen molar-refractivity contribution in [2.75, 3.05) is 44.3 Å². The number of halogens is 3. The Hall–Kier alpha value is -3.48. The van der Waals surface area contributed by atoms with E-state index in [0.717, 1.165) is 18.1 Å². The van der Waals surface area contributed by atoms with Gasteiger partial charge in [-0.2, -0.15) is 23.5 Å². The Kier molecular flexibility index (Phi) is 10.5. The Balaban J connectivity index is 1.25. The number of nitriles is 1. The molecule has 2 aromatic heterocycles. The van der Waals surface area contributed by atoms with Crippen molar-refractivity contribution in [2.24, 2.45) is 0 Å². The van der Waals surface area contributed by atoms with Crippen LogP contribution in [0.15, 0.2) is 29.3 Å². The lowest BCUT2D eigenvalue weighted by atomic mass is 10.1. The van der Waals surface area contributed by atoms with Crippen molar-refractivity contribution in [3.63, 3.8) is 0 Å². The van der Waals surface area contributed by atoms with E-state index in [1.54, 1.807) is 17.0 Å². The molecule has 0 bridgehead atoms. The molecule has 4 heterocycles. The van der Waals surface area contributed by atoms with Crippen molar-refractivity contribution in [3.05, 3.63) is 46.0 Å². The predicted octanol–water partition coefficient (Wildman–Crippen LogP) is 3.51. The molecule has 2 saturated heterocycles. The lowest BCUT2D eigenvalue weighted by Gasteiger charge is -2.35. The average molecular weight is 623 g/mol. The maximum atomic E-state index is 13.8. The first-order valence-electron chi connectivity index (χ1n) is 14.3. The lowest BCUT2D eigenvalue weighted by molar-refractivity contribution is -0.141. The van der Waals surface area contributed by atoms with Crippen LogP contribution in [0, 0.1) is 11.3 Å². The lowest BCUT2D eigenvalue weighted by Crippen LogP contribution is -2.49. The molecule has 2 fully saturated rings. The van der Waals surface area contributed by atoms with Crippen LogP contribution in [0.4, 0.5) is 19.0 Å². The maximum absolute atomic E-state index is 13.8. The summed E-state index contributed by atoms with van der Waals surface area (Å²) in [7, 11) is -1.40. The topological polar surface area (TPSA) is 123 Å². The predicted molar refractivity (Wildman–Crippen MR) is 153 cm³/mol. The molecule has 0 spiro atoms. The highest BCUT2D eigenvalue weighted by molar-refractivity contribution is 6.76. The van der Waals surface area contributed by atoms with Gasteiger partial charge < -0.3 is 24.0 Å². The Morgan fingerprint density at radius 1 is 1.14 bits per heavy atom. The fraction of sp³-hybridized carbons (Fsp3) is 0.607. The molecule has 2 aliphatic rings. The summed E-state index contributed by atoms with van der Waals surface area (Å²) in [5.74, 6) is 0.0342. The Morgan fingerprint density at radius 3 is 2.49 bits per heavy atom. The fourth-order valence-corrected chi connectivity index (χ4v) is 5.61. The first-order chi connectivity index (χ1) is 20.3. The first kappa shape index (κ1) is 32.4. The summed E-state index contributed by atoms with van der Waals surface area (Å²) in [4.78, 5) is 33.6. The molecular weight excluding hydrogens is 585 g/mol. The van der Waals surface area contributed by atoms with E-state index in [2.05, 4.69) is 29.7 Å². The molecule has 2 aliphatic heterocycles. The van der Waals surface area contributed by atoms with Gasteiger partial charge in [-0.3, -0.25) is 9.59 Å². The minimum atomic E-state index is -4.94.